The number of hydrogen-bond donors (Lipinski definition) is 2. The topological polar surface area (TPSA) is 84.7 Å². The van der Waals surface area contributed by atoms with E-state index >= 15 is 0 Å². The number of hydrogen-bond acceptors (Lipinski definition) is 5. The molecule has 0 aromatic carbocycles. The zero-order chi connectivity index (χ0) is 12.8. The first-order valence-electron chi connectivity index (χ1n) is 5.88. The number of piperidine rings is 1. The fraction of sp³-hybridized carbons (Fsp3) is 0.818. The quantitative estimate of drug-likeness (QED) is 0.724. The van der Waals surface area contributed by atoms with E-state index in [4.69, 9.17) is 5.73 Å². The molecule has 17 heavy (non-hydrogen) atoms. The van der Waals surface area contributed by atoms with Crippen molar-refractivity contribution in [2.75, 3.05) is 26.7 Å². The number of imide groups is 1. The normalized spacial score (nSPS) is 25.4. The van der Waals surface area contributed by atoms with E-state index in [0.29, 0.717) is 18.5 Å². The molecular formula is C11H21N3O3. The maximum atomic E-state index is 11.5. The molecule has 0 aromatic rings. The van der Waals surface area contributed by atoms with Gasteiger partial charge in [-0.3, -0.25) is 15.0 Å². The van der Waals surface area contributed by atoms with Gasteiger partial charge in [0.2, 0.25) is 5.91 Å². The average molecular weight is 243 g/mol. The number of ether oxygens (including phenoxy) is 1. The Hall–Kier alpha value is -1.14. The molecule has 1 aliphatic heterocycles. The number of nitrogens with zero attached hydrogens (tertiary/aromatic N) is 1. The second kappa shape index (κ2) is 6.56. The van der Waals surface area contributed by atoms with E-state index in [-0.39, 0.29) is 12.5 Å². The summed E-state index contributed by atoms with van der Waals surface area (Å²) in [5, 5.41) is 2.16. The third-order valence-corrected chi connectivity index (χ3v) is 3.22. The van der Waals surface area contributed by atoms with E-state index in [1.165, 1.54) is 7.11 Å². The van der Waals surface area contributed by atoms with Gasteiger partial charge in [-0.1, -0.05) is 0 Å². The summed E-state index contributed by atoms with van der Waals surface area (Å²) in [7, 11) is 1.23. The number of amides is 2. The summed E-state index contributed by atoms with van der Waals surface area (Å²) < 4.78 is 4.37. The van der Waals surface area contributed by atoms with Crippen molar-refractivity contribution in [1.82, 2.24) is 10.2 Å². The first-order chi connectivity index (χ1) is 8.06. The van der Waals surface area contributed by atoms with Crippen LogP contribution in [0.5, 0.6) is 0 Å². The van der Waals surface area contributed by atoms with Crippen molar-refractivity contribution in [3.8, 4) is 0 Å². The van der Waals surface area contributed by atoms with Crippen molar-refractivity contribution in [1.29, 1.82) is 0 Å². The molecule has 1 saturated heterocycles. The van der Waals surface area contributed by atoms with Gasteiger partial charge in [0.15, 0.2) is 0 Å². The highest BCUT2D eigenvalue weighted by molar-refractivity contribution is 5.92. The van der Waals surface area contributed by atoms with E-state index < -0.39 is 6.09 Å². The lowest BCUT2D eigenvalue weighted by Crippen LogP contribution is -2.49. The van der Waals surface area contributed by atoms with Gasteiger partial charge in [0.1, 0.15) is 0 Å². The summed E-state index contributed by atoms with van der Waals surface area (Å²) in [5.41, 5.74) is 5.64. The molecule has 2 atom stereocenters. The van der Waals surface area contributed by atoms with Crippen molar-refractivity contribution >= 4 is 12.0 Å². The lowest BCUT2D eigenvalue weighted by atomic mass is 9.93. The SMILES string of the molecule is COC(=O)NC(=O)CN1CC(CN)CCC1C. The fourth-order valence-corrected chi connectivity index (χ4v) is 2.06. The summed E-state index contributed by atoms with van der Waals surface area (Å²) in [6.07, 6.45) is 1.43. The highest BCUT2D eigenvalue weighted by Gasteiger charge is 2.26. The molecule has 1 heterocycles. The molecule has 0 bridgehead atoms. The zero-order valence-corrected chi connectivity index (χ0v) is 10.4. The summed E-state index contributed by atoms with van der Waals surface area (Å²) >= 11 is 0. The van der Waals surface area contributed by atoms with Crippen LogP contribution in [-0.2, 0) is 9.53 Å². The molecule has 0 radical (unpaired) electrons. The molecular weight excluding hydrogens is 222 g/mol. The highest BCUT2D eigenvalue weighted by Crippen LogP contribution is 2.20. The summed E-state index contributed by atoms with van der Waals surface area (Å²) in [4.78, 5) is 24.5. The molecule has 6 heteroatoms. The van der Waals surface area contributed by atoms with Gasteiger partial charge in [-0.15, -0.1) is 0 Å². The van der Waals surface area contributed by atoms with Crippen LogP contribution < -0.4 is 11.1 Å². The van der Waals surface area contributed by atoms with Crippen LogP contribution in [0, 0.1) is 5.92 Å². The lowest BCUT2D eigenvalue weighted by Gasteiger charge is -2.36. The van der Waals surface area contributed by atoms with Gasteiger partial charge in [-0.05, 0) is 32.2 Å². The standard InChI is InChI=1S/C11H21N3O3/c1-8-3-4-9(5-12)6-14(8)7-10(15)13-11(16)17-2/h8-9H,3-7,12H2,1-2H3,(H,13,15,16). The second-order valence-electron chi connectivity index (χ2n) is 4.50. The Morgan fingerprint density at radius 3 is 2.76 bits per heavy atom. The number of carbonyl (C=O) groups is 2. The van der Waals surface area contributed by atoms with Crippen LogP contribution in [0.25, 0.3) is 0 Å². The lowest BCUT2D eigenvalue weighted by molar-refractivity contribution is -0.122. The number of nitrogens with two attached hydrogens (primary N) is 1. The van der Waals surface area contributed by atoms with Crippen LogP contribution in [0.3, 0.4) is 0 Å². The molecule has 0 spiro atoms. The molecule has 1 fully saturated rings. The first-order valence-corrected chi connectivity index (χ1v) is 5.88. The summed E-state index contributed by atoms with van der Waals surface area (Å²) in [5.74, 6) is 0.110. The highest BCUT2D eigenvalue weighted by atomic mass is 16.5. The minimum Gasteiger partial charge on any atom is -0.453 e. The minimum atomic E-state index is -0.713. The Kier molecular flexibility index (Phi) is 5.37. The van der Waals surface area contributed by atoms with Crippen LogP contribution in [0.15, 0.2) is 0 Å². The molecule has 0 saturated carbocycles. The van der Waals surface area contributed by atoms with Gasteiger partial charge in [0.25, 0.3) is 0 Å². The predicted octanol–water partition coefficient (Wildman–Crippen LogP) is -0.0718. The van der Waals surface area contributed by atoms with Crippen molar-refractivity contribution in [3.05, 3.63) is 0 Å². The van der Waals surface area contributed by atoms with E-state index in [1.807, 2.05) is 0 Å². The molecule has 98 valence electrons. The Bertz CT molecular complexity index is 283. The molecule has 1 rings (SSSR count). The first kappa shape index (κ1) is 13.9. The monoisotopic (exact) mass is 243 g/mol. The number of alkyl carbamates (subject to hydrolysis) is 1. The van der Waals surface area contributed by atoms with Crippen molar-refractivity contribution in [2.45, 2.75) is 25.8 Å². The Balaban J connectivity index is 2.42. The smallest absolute Gasteiger partial charge is 0.413 e. The van der Waals surface area contributed by atoms with Gasteiger partial charge < -0.3 is 10.5 Å². The van der Waals surface area contributed by atoms with Crippen LogP contribution >= 0.6 is 0 Å². The number of carbonyl (C=O) groups excluding carboxylic acids is 2. The second-order valence-corrected chi connectivity index (χ2v) is 4.50. The van der Waals surface area contributed by atoms with E-state index in [0.717, 1.165) is 19.4 Å². The van der Waals surface area contributed by atoms with Crippen LogP contribution in [0.2, 0.25) is 0 Å². The van der Waals surface area contributed by atoms with Crippen LogP contribution in [-0.4, -0.2) is 49.7 Å². The van der Waals surface area contributed by atoms with Crippen molar-refractivity contribution in [2.24, 2.45) is 11.7 Å². The summed E-state index contributed by atoms with van der Waals surface area (Å²) in [6.45, 7) is 3.75. The fourth-order valence-electron chi connectivity index (χ4n) is 2.06. The van der Waals surface area contributed by atoms with Crippen molar-refractivity contribution in [3.63, 3.8) is 0 Å². The van der Waals surface area contributed by atoms with Crippen LogP contribution in [0.1, 0.15) is 19.8 Å². The molecule has 3 N–H and O–H groups in total. The largest absolute Gasteiger partial charge is 0.453 e. The minimum absolute atomic E-state index is 0.215. The molecule has 0 aliphatic carbocycles. The van der Waals surface area contributed by atoms with Crippen molar-refractivity contribution < 1.29 is 14.3 Å². The zero-order valence-electron chi connectivity index (χ0n) is 10.4. The van der Waals surface area contributed by atoms with E-state index in [9.17, 15) is 9.59 Å². The van der Waals surface area contributed by atoms with Gasteiger partial charge >= 0.3 is 6.09 Å². The Morgan fingerprint density at radius 2 is 2.18 bits per heavy atom. The number of methoxy groups -OCH3 is 1. The number of rotatable bonds is 3. The third-order valence-electron chi connectivity index (χ3n) is 3.22. The molecule has 1 aliphatic rings. The number of nitrogens with one attached hydrogen (secondary N) is 1. The van der Waals surface area contributed by atoms with Gasteiger partial charge in [0.05, 0.1) is 13.7 Å². The average Bonchev–Trinajstić information content (AvgIpc) is 2.31. The predicted molar refractivity (Wildman–Crippen MR) is 63.4 cm³/mol. The Morgan fingerprint density at radius 1 is 1.47 bits per heavy atom. The van der Waals surface area contributed by atoms with E-state index in [2.05, 4.69) is 21.9 Å². The molecule has 2 unspecified atom stereocenters. The third kappa shape index (κ3) is 4.32. The maximum Gasteiger partial charge on any atom is 0.413 e. The molecule has 0 aromatic heterocycles. The Labute approximate surface area is 101 Å². The summed E-state index contributed by atoms with van der Waals surface area (Å²) in [6, 6.07) is 0.348. The van der Waals surface area contributed by atoms with Gasteiger partial charge in [-0.2, -0.15) is 0 Å². The van der Waals surface area contributed by atoms with Gasteiger partial charge in [-0.25, -0.2) is 4.79 Å². The molecule has 6 nitrogen and oxygen atoms in total. The van der Waals surface area contributed by atoms with E-state index in [1.54, 1.807) is 0 Å². The maximum absolute atomic E-state index is 11.5. The van der Waals surface area contributed by atoms with Gasteiger partial charge in [0, 0.05) is 12.6 Å². The molecule has 2 amide bonds. The number of likely N-dealkylation sites (tertiary alicyclic amines) is 1. The van der Waals surface area contributed by atoms with Crippen LogP contribution in [0.4, 0.5) is 4.79 Å².